The van der Waals surface area contributed by atoms with Crippen molar-refractivity contribution in [3.63, 3.8) is 0 Å². The first kappa shape index (κ1) is 13.1. The molecule has 0 unspecified atom stereocenters. The highest BCUT2D eigenvalue weighted by molar-refractivity contribution is 5.99. The van der Waals surface area contributed by atoms with E-state index in [4.69, 9.17) is 0 Å². The molecule has 1 amide bonds. The maximum absolute atomic E-state index is 12.7. The minimum atomic E-state index is -0.393. The summed E-state index contributed by atoms with van der Waals surface area (Å²) in [6.07, 6.45) is 1.55. The van der Waals surface area contributed by atoms with Crippen molar-refractivity contribution in [2.75, 3.05) is 13.1 Å². The van der Waals surface area contributed by atoms with Crippen LogP contribution in [0.3, 0.4) is 0 Å². The highest BCUT2D eigenvalue weighted by atomic mass is 19.1. The quantitative estimate of drug-likeness (QED) is 0.578. The van der Waals surface area contributed by atoms with E-state index in [-0.39, 0.29) is 18.2 Å². The van der Waals surface area contributed by atoms with Crippen molar-refractivity contribution in [3.05, 3.63) is 48.3 Å². The Bertz CT molecular complexity index is 426. The van der Waals surface area contributed by atoms with Crippen LogP contribution in [0, 0.1) is 5.82 Å². The van der Waals surface area contributed by atoms with Gasteiger partial charge in [0.25, 0.3) is 0 Å². The monoisotopic (exact) mass is 235 g/mol. The Hall–Kier alpha value is -1.97. The van der Waals surface area contributed by atoms with Gasteiger partial charge in [-0.05, 0) is 24.3 Å². The summed E-state index contributed by atoms with van der Waals surface area (Å²) < 4.78 is 12.7. The molecule has 0 bridgehead atoms. The minimum absolute atomic E-state index is 0.0208. The largest absolute Gasteiger partial charge is 0.332 e. The third-order valence-electron chi connectivity index (χ3n) is 2.30. The lowest BCUT2D eigenvalue weighted by Gasteiger charge is -2.18. The second-order valence-electron chi connectivity index (χ2n) is 3.62. The Morgan fingerprint density at radius 3 is 2.41 bits per heavy atom. The minimum Gasteiger partial charge on any atom is -0.332 e. The van der Waals surface area contributed by atoms with Gasteiger partial charge in [0.15, 0.2) is 5.78 Å². The molecule has 0 aliphatic rings. The summed E-state index contributed by atoms with van der Waals surface area (Å²) >= 11 is 0. The van der Waals surface area contributed by atoms with Gasteiger partial charge in [0, 0.05) is 19.0 Å². The van der Waals surface area contributed by atoms with Crippen molar-refractivity contribution < 1.29 is 14.0 Å². The van der Waals surface area contributed by atoms with E-state index in [2.05, 4.69) is 6.58 Å². The molecule has 0 heterocycles. The molecule has 0 aliphatic heterocycles. The topological polar surface area (TPSA) is 37.4 Å². The fourth-order valence-electron chi connectivity index (χ4n) is 1.36. The van der Waals surface area contributed by atoms with Crippen LogP contribution in [-0.4, -0.2) is 29.7 Å². The van der Waals surface area contributed by atoms with Crippen LogP contribution in [0.15, 0.2) is 36.9 Å². The van der Waals surface area contributed by atoms with Crippen LogP contribution < -0.4 is 0 Å². The average molecular weight is 235 g/mol. The van der Waals surface area contributed by atoms with Gasteiger partial charge >= 0.3 is 0 Å². The van der Waals surface area contributed by atoms with E-state index in [1.165, 1.54) is 36.1 Å². The molecular weight excluding hydrogens is 221 g/mol. The smallest absolute Gasteiger partial charge is 0.220 e. The Kier molecular flexibility index (Phi) is 4.57. The standard InChI is InChI=1S/C13H14FNO2/c1-3-8-15(10(2)16)9-13(17)11-4-6-12(14)7-5-11/h3-7H,1,8-9H2,2H3. The van der Waals surface area contributed by atoms with Crippen molar-refractivity contribution in [3.8, 4) is 0 Å². The van der Waals surface area contributed by atoms with Gasteiger partial charge in [0.2, 0.25) is 5.91 Å². The van der Waals surface area contributed by atoms with E-state index in [9.17, 15) is 14.0 Å². The van der Waals surface area contributed by atoms with Crippen LogP contribution in [0.4, 0.5) is 4.39 Å². The second kappa shape index (κ2) is 5.94. The van der Waals surface area contributed by atoms with E-state index in [0.29, 0.717) is 12.1 Å². The molecule has 0 atom stereocenters. The van der Waals surface area contributed by atoms with E-state index in [1.54, 1.807) is 6.08 Å². The van der Waals surface area contributed by atoms with E-state index in [1.807, 2.05) is 0 Å². The lowest BCUT2D eigenvalue weighted by Crippen LogP contribution is -2.34. The van der Waals surface area contributed by atoms with Crippen molar-refractivity contribution in [1.29, 1.82) is 0 Å². The SMILES string of the molecule is C=CCN(CC(=O)c1ccc(F)cc1)C(C)=O. The molecule has 90 valence electrons. The van der Waals surface area contributed by atoms with Crippen LogP contribution in [0.2, 0.25) is 0 Å². The number of carbonyl (C=O) groups excluding carboxylic acids is 2. The predicted molar refractivity (Wildman–Crippen MR) is 63.2 cm³/mol. The number of hydrogen-bond donors (Lipinski definition) is 0. The zero-order valence-electron chi connectivity index (χ0n) is 9.65. The van der Waals surface area contributed by atoms with Gasteiger partial charge in [-0.2, -0.15) is 0 Å². The van der Waals surface area contributed by atoms with Gasteiger partial charge in [-0.15, -0.1) is 6.58 Å². The number of rotatable bonds is 5. The number of hydrogen-bond acceptors (Lipinski definition) is 2. The summed E-state index contributed by atoms with van der Waals surface area (Å²) in [6, 6.07) is 5.26. The number of nitrogens with zero attached hydrogens (tertiary/aromatic N) is 1. The third-order valence-corrected chi connectivity index (χ3v) is 2.30. The normalized spacial score (nSPS) is 9.76. The molecular formula is C13H14FNO2. The zero-order valence-corrected chi connectivity index (χ0v) is 9.65. The number of carbonyl (C=O) groups is 2. The summed E-state index contributed by atoms with van der Waals surface area (Å²) in [6.45, 7) is 5.21. The maximum Gasteiger partial charge on any atom is 0.220 e. The highest BCUT2D eigenvalue weighted by Gasteiger charge is 2.13. The summed E-state index contributed by atoms with van der Waals surface area (Å²) in [5.41, 5.74) is 0.390. The molecule has 0 fully saturated rings. The lowest BCUT2D eigenvalue weighted by molar-refractivity contribution is -0.127. The molecule has 0 aliphatic carbocycles. The van der Waals surface area contributed by atoms with Gasteiger partial charge < -0.3 is 4.90 Å². The van der Waals surface area contributed by atoms with Crippen LogP contribution in [0.25, 0.3) is 0 Å². The third kappa shape index (κ3) is 3.83. The van der Waals surface area contributed by atoms with E-state index < -0.39 is 5.82 Å². The molecule has 0 radical (unpaired) electrons. The predicted octanol–water partition coefficient (Wildman–Crippen LogP) is 2.04. The van der Waals surface area contributed by atoms with E-state index >= 15 is 0 Å². The fourth-order valence-corrected chi connectivity index (χ4v) is 1.36. The van der Waals surface area contributed by atoms with Gasteiger partial charge in [0.05, 0.1) is 6.54 Å². The molecule has 0 saturated heterocycles. The van der Waals surface area contributed by atoms with Gasteiger partial charge in [-0.1, -0.05) is 6.08 Å². The molecule has 3 nitrogen and oxygen atoms in total. The first-order valence-electron chi connectivity index (χ1n) is 5.19. The van der Waals surface area contributed by atoms with Crippen LogP contribution in [-0.2, 0) is 4.79 Å². The Labute approximate surface area is 99.5 Å². The molecule has 1 aromatic carbocycles. The van der Waals surface area contributed by atoms with Crippen molar-refractivity contribution >= 4 is 11.7 Å². The van der Waals surface area contributed by atoms with Gasteiger partial charge in [0.1, 0.15) is 5.82 Å². The Balaban J connectivity index is 2.73. The zero-order chi connectivity index (χ0) is 12.8. The van der Waals surface area contributed by atoms with Crippen molar-refractivity contribution in [2.24, 2.45) is 0 Å². The molecule has 17 heavy (non-hydrogen) atoms. The number of ketones is 1. The molecule has 0 saturated carbocycles. The molecule has 0 aromatic heterocycles. The van der Waals surface area contributed by atoms with Gasteiger partial charge in [-0.3, -0.25) is 9.59 Å². The maximum atomic E-state index is 12.7. The van der Waals surface area contributed by atoms with Crippen LogP contribution in [0.5, 0.6) is 0 Å². The van der Waals surface area contributed by atoms with Crippen molar-refractivity contribution in [1.82, 2.24) is 4.90 Å². The summed E-state index contributed by atoms with van der Waals surface area (Å²) in [7, 11) is 0. The average Bonchev–Trinajstić information content (AvgIpc) is 2.29. The number of benzene rings is 1. The molecule has 1 aromatic rings. The highest BCUT2D eigenvalue weighted by Crippen LogP contribution is 2.05. The fraction of sp³-hybridized carbons (Fsp3) is 0.231. The molecule has 0 N–H and O–H groups in total. The number of Topliss-reactive ketones (excluding diaryl/α,β-unsaturated/α-hetero) is 1. The first-order valence-corrected chi connectivity index (χ1v) is 5.19. The summed E-state index contributed by atoms with van der Waals surface area (Å²) in [4.78, 5) is 24.4. The molecule has 0 spiro atoms. The summed E-state index contributed by atoms with van der Waals surface area (Å²) in [5, 5.41) is 0. The number of amides is 1. The lowest BCUT2D eigenvalue weighted by atomic mass is 10.1. The molecule has 4 heteroatoms. The van der Waals surface area contributed by atoms with Crippen LogP contribution >= 0.6 is 0 Å². The Morgan fingerprint density at radius 1 is 1.35 bits per heavy atom. The molecule has 1 rings (SSSR count). The van der Waals surface area contributed by atoms with Crippen molar-refractivity contribution in [2.45, 2.75) is 6.92 Å². The van der Waals surface area contributed by atoms with Gasteiger partial charge in [-0.25, -0.2) is 4.39 Å². The van der Waals surface area contributed by atoms with E-state index in [0.717, 1.165) is 0 Å². The van der Waals surface area contributed by atoms with Crippen LogP contribution in [0.1, 0.15) is 17.3 Å². The number of halogens is 1. The first-order chi connectivity index (χ1) is 8.04. The second-order valence-corrected chi connectivity index (χ2v) is 3.62. The summed E-state index contributed by atoms with van der Waals surface area (Å²) in [5.74, 6) is -0.807. The Morgan fingerprint density at radius 2 is 1.94 bits per heavy atom.